The molecule has 3 aromatic rings. The fraction of sp³-hybridized carbons (Fsp3) is 0.324. The Kier molecular flexibility index (Phi) is 12.7. The molecule has 1 heterocycles. The van der Waals surface area contributed by atoms with Gasteiger partial charge in [-0.2, -0.15) is 0 Å². The van der Waals surface area contributed by atoms with Crippen LogP contribution >= 0.6 is 0 Å². The third kappa shape index (κ3) is 9.54. The van der Waals surface area contributed by atoms with Gasteiger partial charge in [0.2, 0.25) is 5.91 Å². The number of Topliss-reactive ketones (excluding diaryl/α,β-unsaturated/α-hetero) is 1. The molecule has 10 heteroatoms. The number of hydrogen-bond donors (Lipinski definition) is 1. The topological polar surface area (TPSA) is 137 Å². The van der Waals surface area contributed by atoms with Crippen LogP contribution < -0.4 is 0 Å². The summed E-state index contributed by atoms with van der Waals surface area (Å²) in [5, 5.41) is 8.96. The first-order valence-electron chi connectivity index (χ1n) is 15.5. The quantitative estimate of drug-likeness (QED) is 0.133. The van der Waals surface area contributed by atoms with E-state index in [1.165, 1.54) is 0 Å². The Morgan fingerprint density at radius 1 is 0.979 bits per heavy atom. The molecule has 2 amide bonds. The first kappa shape index (κ1) is 34.9. The monoisotopic (exact) mass is 641 g/mol. The third-order valence-electron chi connectivity index (χ3n) is 7.69. The lowest BCUT2D eigenvalue weighted by atomic mass is 9.87. The van der Waals surface area contributed by atoms with Gasteiger partial charge in [-0.15, -0.1) is 0 Å². The Labute approximate surface area is 273 Å². The number of aliphatic hydroxyl groups is 1. The van der Waals surface area contributed by atoms with E-state index in [-0.39, 0.29) is 50.6 Å². The van der Waals surface area contributed by atoms with E-state index in [2.05, 4.69) is 0 Å². The Hall–Kier alpha value is -4.93. The highest BCUT2D eigenvalue weighted by Crippen LogP contribution is 2.32. The molecular formula is C37H39NO9. The summed E-state index contributed by atoms with van der Waals surface area (Å²) in [4.78, 5) is 68.6. The molecule has 10 nitrogen and oxygen atoms in total. The maximum atomic E-state index is 14.4. The van der Waals surface area contributed by atoms with Crippen LogP contribution in [0.2, 0.25) is 0 Å². The lowest BCUT2D eigenvalue weighted by molar-refractivity contribution is -0.158. The summed E-state index contributed by atoms with van der Waals surface area (Å²) in [6.45, 7) is 3.14. The number of amides is 2. The van der Waals surface area contributed by atoms with Gasteiger partial charge in [0.25, 0.3) is 0 Å². The van der Waals surface area contributed by atoms with Crippen LogP contribution in [0.5, 0.6) is 0 Å². The van der Waals surface area contributed by atoms with E-state index in [9.17, 15) is 24.0 Å². The summed E-state index contributed by atoms with van der Waals surface area (Å²) in [6, 6.07) is 24.1. The van der Waals surface area contributed by atoms with Crippen molar-refractivity contribution in [2.45, 2.75) is 45.3 Å². The van der Waals surface area contributed by atoms with E-state index in [4.69, 9.17) is 19.3 Å². The Bertz CT molecular complexity index is 1590. The normalized spacial score (nSPS) is 15.9. The van der Waals surface area contributed by atoms with E-state index >= 15 is 0 Å². The number of carbonyl (C=O) groups excluding carboxylic acids is 5. The molecule has 0 bridgehead atoms. The number of rotatable bonds is 16. The van der Waals surface area contributed by atoms with Crippen LogP contribution in [0.25, 0.3) is 5.57 Å². The molecule has 1 saturated heterocycles. The molecule has 0 aliphatic carbocycles. The van der Waals surface area contributed by atoms with Crippen LogP contribution in [0.4, 0.5) is 4.79 Å². The van der Waals surface area contributed by atoms with Crippen LogP contribution in [0.1, 0.15) is 48.1 Å². The number of hydrogen-bond acceptors (Lipinski definition) is 9. The number of ketones is 2. The second-order valence-electron chi connectivity index (χ2n) is 11.2. The van der Waals surface area contributed by atoms with E-state index < -0.39 is 41.8 Å². The van der Waals surface area contributed by atoms with Crippen molar-refractivity contribution in [3.63, 3.8) is 0 Å². The molecular weight excluding hydrogens is 602 g/mol. The largest absolute Gasteiger partial charge is 0.453 e. The second kappa shape index (κ2) is 17.1. The van der Waals surface area contributed by atoms with Gasteiger partial charge in [-0.3, -0.25) is 19.2 Å². The number of imide groups is 1. The van der Waals surface area contributed by atoms with Crippen molar-refractivity contribution in [3.05, 3.63) is 113 Å². The first-order valence-corrected chi connectivity index (χ1v) is 15.5. The van der Waals surface area contributed by atoms with Gasteiger partial charge in [-0.25, -0.2) is 9.69 Å². The molecule has 3 aromatic carbocycles. The minimum atomic E-state index is -1.66. The van der Waals surface area contributed by atoms with Crippen molar-refractivity contribution >= 4 is 35.1 Å². The molecule has 3 atom stereocenters. The SMILES string of the molecule is CC(=O)O[C@@H](C(=O)C=C(C(=O)CCCOCCO)c1cccc(C)c1)[C@@H](Cc1ccccc1)C(=O)N1C(=O)OC[C@H]1c1ccccc1. The lowest BCUT2D eigenvalue weighted by Crippen LogP contribution is -2.47. The summed E-state index contributed by atoms with van der Waals surface area (Å²) in [7, 11) is 0. The summed E-state index contributed by atoms with van der Waals surface area (Å²) in [5.41, 5.74) is 2.76. The third-order valence-corrected chi connectivity index (χ3v) is 7.69. The van der Waals surface area contributed by atoms with Crippen LogP contribution in [-0.4, -0.2) is 72.1 Å². The van der Waals surface area contributed by atoms with Crippen LogP contribution in [0.15, 0.2) is 91.0 Å². The smallest absolute Gasteiger partial charge is 0.417 e. The zero-order chi connectivity index (χ0) is 33.8. The van der Waals surface area contributed by atoms with Crippen molar-refractivity contribution < 1.29 is 43.3 Å². The van der Waals surface area contributed by atoms with Crippen molar-refractivity contribution in [3.8, 4) is 0 Å². The zero-order valence-corrected chi connectivity index (χ0v) is 26.5. The molecule has 1 aliphatic rings. The first-order chi connectivity index (χ1) is 22.7. The van der Waals surface area contributed by atoms with Crippen molar-refractivity contribution in [2.24, 2.45) is 5.92 Å². The minimum Gasteiger partial charge on any atom is -0.453 e. The van der Waals surface area contributed by atoms with Gasteiger partial charge in [-0.1, -0.05) is 90.5 Å². The average Bonchev–Trinajstić information content (AvgIpc) is 3.46. The molecule has 1 fully saturated rings. The number of benzene rings is 3. The molecule has 1 aliphatic heterocycles. The van der Waals surface area contributed by atoms with Gasteiger partial charge >= 0.3 is 12.1 Å². The molecule has 47 heavy (non-hydrogen) atoms. The standard InChI is InChI=1S/C37H39NO9/c1-25-11-9-16-29(21-25)30(33(41)17-10-19-45-20-18-39)23-34(42)35(47-26(2)40)31(22-27-12-5-3-6-13-27)36(43)38-32(24-46-37(38)44)28-14-7-4-8-15-28/h3-9,11-16,21,23,31-32,35,39H,10,17-20,22,24H2,1-2H3/t31-,32+,35-/m1/s1. The Morgan fingerprint density at radius 3 is 2.34 bits per heavy atom. The molecule has 4 rings (SSSR count). The minimum absolute atomic E-state index is 0.0431. The molecule has 1 N–H and O–H groups in total. The van der Waals surface area contributed by atoms with Crippen LogP contribution in [0.3, 0.4) is 0 Å². The summed E-state index contributed by atoms with van der Waals surface area (Å²) >= 11 is 0. The predicted molar refractivity (Wildman–Crippen MR) is 173 cm³/mol. The molecule has 0 aromatic heterocycles. The maximum absolute atomic E-state index is 14.4. The van der Waals surface area contributed by atoms with Crippen LogP contribution in [0, 0.1) is 12.8 Å². The second-order valence-corrected chi connectivity index (χ2v) is 11.2. The van der Waals surface area contributed by atoms with E-state index in [0.29, 0.717) is 23.1 Å². The van der Waals surface area contributed by atoms with Crippen molar-refractivity contribution in [1.29, 1.82) is 0 Å². The number of aliphatic hydroxyl groups excluding tert-OH is 1. The number of nitrogens with zero attached hydrogens (tertiary/aromatic N) is 1. The molecule has 0 spiro atoms. The molecule has 0 radical (unpaired) electrons. The van der Waals surface area contributed by atoms with E-state index in [1.807, 2.05) is 19.1 Å². The number of esters is 1. The van der Waals surface area contributed by atoms with Gasteiger partial charge in [0.1, 0.15) is 12.6 Å². The number of aryl methyl sites for hydroxylation is 1. The highest BCUT2D eigenvalue weighted by molar-refractivity contribution is 6.25. The maximum Gasteiger partial charge on any atom is 0.417 e. The summed E-state index contributed by atoms with van der Waals surface area (Å²) in [5.74, 6) is -4.02. The fourth-order valence-electron chi connectivity index (χ4n) is 5.47. The summed E-state index contributed by atoms with van der Waals surface area (Å²) in [6.07, 6.45) is -1.06. The highest BCUT2D eigenvalue weighted by Gasteiger charge is 2.46. The van der Waals surface area contributed by atoms with Crippen molar-refractivity contribution in [1.82, 2.24) is 4.90 Å². The number of ether oxygens (including phenoxy) is 3. The van der Waals surface area contributed by atoms with E-state index in [1.54, 1.807) is 72.8 Å². The summed E-state index contributed by atoms with van der Waals surface area (Å²) < 4.78 is 16.2. The van der Waals surface area contributed by atoms with E-state index in [0.717, 1.165) is 23.5 Å². The van der Waals surface area contributed by atoms with Crippen LogP contribution in [-0.2, 0) is 39.8 Å². The van der Waals surface area contributed by atoms with Gasteiger partial charge in [-0.05, 0) is 42.5 Å². The lowest BCUT2D eigenvalue weighted by Gasteiger charge is -2.29. The number of cyclic esters (lactones) is 1. The molecule has 0 unspecified atom stereocenters. The Morgan fingerprint density at radius 2 is 1.68 bits per heavy atom. The van der Waals surface area contributed by atoms with Gasteiger partial charge < -0.3 is 19.3 Å². The average molecular weight is 642 g/mol. The Balaban J connectivity index is 1.75. The molecule has 0 saturated carbocycles. The predicted octanol–water partition coefficient (Wildman–Crippen LogP) is 4.82. The number of allylic oxidation sites excluding steroid dienone is 1. The van der Waals surface area contributed by atoms with Gasteiger partial charge in [0.05, 0.1) is 19.1 Å². The highest BCUT2D eigenvalue weighted by atomic mass is 16.6. The zero-order valence-electron chi connectivity index (χ0n) is 26.5. The van der Waals surface area contributed by atoms with Gasteiger partial charge in [0.15, 0.2) is 17.7 Å². The van der Waals surface area contributed by atoms with Crippen molar-refractivity contribution in [2.75, 3.05) is 26.4 Å². The van der Waals surface area contributed by atoms with Gasteiger partial charge in [0, 0.05) is 25.5 Å². The number of carbonyl (C=O) groups is 5. The fourth-order valence-corrected chi connectivity index (χ4v) is 5.47. The molecule has 246 valence electrons.